The number of nitrogens with one attached hydrogen (secondary N) is 2. The third-order valence-corrected chi connectivity index (χ3v) is 3.96. The SMILES string of the molecule is CCN(CC)C(=O)CCCNC(=O)C1CSCN1.Cl. The lowest BCUT2D eigenvalue weighted by atomic mass is 10.2. The molecule has 1 saturated heterocycles. The van der Waals surface area contributed by atoms with Gasteiger partial charge in [0.05, 0.1) is 6.04 Å². The molecule has 1 unspecified atom stereocenters. The summed E-state index contributed by atoms with van der Waals surface area (Å²) in [4.78, 5) is 25.2. The molecule has 0 bridgehead atoms. The van der Waals surface area contributed by atoms with E-state index >= 15 is 0 Å². The molecule has 1 fully saturated rings. The fraction of sp³-hybridized carbons (Fsp3) is 0.833. The van der Waals surface area contributed by atoms with Crippen LogP contribution in [-0.2, 0) is 9.59 Å². The second-order valence-electron chi connectivity index (χ2n) is 4.23. The Hall–Kier alpha value is -0.460. The van der Waals surface area contributed by atoms with E-state index in [1.807, 2.05) is 18.7 Å². The molecule has 19 heavy (non-hydrogen) atoms. The van der Waals surface area contributed by atoms with Crippen LogP contribution in [0.5, 0.6) is 0 Å². The first-order valence-electron chi connectivity index (χ1n) is 6.55. The molecule has 1 rings (SSSR count). The average molecular weight is 310 g/mol. The van der Waals surface area contributed by atoms with Gasteiger partial charge in [-0.1, -0.05) is 0 Å². The van der Waals surface area contributed by atoms with Gasteiger partial charge in [-0.2, -0.15) is 0 Å². The summed E-state index contributed by atoms with van der Waals surface area (Å²) in [5.41, 5.74) is 0. The van der Waals surface area contributed by atoms with E-state index in [1.54, 1.807) is 11.8 Å². The number of amides is 2. The Morgan fingerprint density at radius 2 is 2.05 bits per heavy atom. The molecule has 0 radical (unpaired) electrons. The first-order chi connectivity index (χ1) is 8.69. The van der Waals surface area contributed by atoms with Gasteiger partial charge in [-0.3, -0.25) is 14.9 Å². The molecule has 0 aromatic heterocycles. The molecule has 0 aromatic rings. The predicted octanol–water partition coefficient (Wildman–Crippen LogP) is 0.835. The van der Waals surface area contributed by atoms with Crippen molar-refractivity contribution < 1.29 is 9.59 Å². The third-order valence-electron chi connectivity index (χ3n) is 3.02. The highest BCUT2D eigenvalue weighted by Gasteiger charge is 2.21. The molecule has 2 amide bonds. The Bertz CT molecular complexity index is 266. The van der Waals surface area contributed by atoms with Crippen LogP contribution in [0.3, 0.4) is 0 Å². The number of nitrogens with zero attached hydrogens (tertiary/aromatic N) is 1. The Morgan fingerprint density at radius 3 is 2.58 bits per heavy atom. The summed E-state index contributed by atoms with van der Waals surface area (Å²) in [7, 11) is 0. The Balaban J connectivity index is 0.00000324. The van der Waals surface area contributed by atoms with E-state index in [9.17, 15) is 9.59 Å². The molecular formula is C12H24ClN3O2S. The first-order valence-corrected chi connectivity index (χ1v) is 7.71. The molecule has 2 N–H and O–H groups in total. The maximum atomic E-state index is 11.7. The summed E-state index contributed by atoms with van der Waals surface area (Å²) < 4.78 is 0. The molecule has 1 aliphatic heterocycles. The van der Waals surface area contributed by atoms with E-state index in [2.05, 4.69) is 10.6 Å². The van der Waals surface area contributed by atoms with Crippen LogP contribution in [0.2, 0.25) is 0 Å². The van der Waals surface area contributed by atoms with Crippen molar-refractivity contribution in [3.63, 3.8) is 0 Å². The maximum absolute atomic E-state index is 11.7. The van der Waals surface area contributed by atoms with Gasteiger partial charge in [-0.05, 0) is 20.3 Å². The van der Waals surface area contributed by atoms with Crippen molar-refractivity contribution in [3.05, 3.63) is 0 Å². The van der Waals surface area contributed by atoms with E-state index in [0.717, 1.165) is 24.7 Å². The molecule has 1 aliphatic rings. The molecule has 1 atom stereocenters. The lowest BCUT2D eigenvalue weighted by molar-refractivity contribution is -0.131. The molecule has 7 heteroatoms. The van der Waals surface area contributed by atoms with E-state index < -0.39 is 0 Å². The maximum Gasteiger partial charge on any atom is 0.238 e. The summed E-state index contributed by atoms with van der Waals surface area (Å²) in [5.74, 6) is 1.90. The topological polar surface area (TPSA) is 61.4 Å². The van der Waals surface area contributed by atoms with Crippen molar-refractivity contribution in [2.75, 3.05) is 31.3 Å². The lowest BCUT2D eigenvalue weighted by Crippen LogP contribution is -2.42. The summed E-state index contributed by atoms with van der Waals surface area (Å²) >= 11 is 1.73. The Kier molecular flexibility index (Phi) is 10.1. The fourth-order valence-electron chi connectivity index (χ4n) is 1.87. The molecule has 1 heterocycles. The van der Waals surface area contributed by atoms with Gasteiger partial charge in [0.2, 0.25) is 11.8 Å². The van der Waals surface area contributed by atoms with Crippen LogP contribution < -0.4 is 10.6 Å². The third kappa shape index (κ3) is 6.49. The molecule has 112 valence electrons. The van der Waals surface area contributed by atoms with Crippen LogP contribution in [0.25, 0.3) is 0 Å². The number of hydrogen-bond acceptors (Lipinski definition) is 4. The van der Waals surface area contributed by atoms with Crippen LogP contribution in [0.4, 0.5) is 0 Å². The molecule has 0 aromatic carbocycles. The van der Waals surface area contributed by atoms with Crippen LogP contribution in [0, 0.1) is 0 Å². The average Bonchev–Trinajstić information content (AvgIpc) is 2.89. The Labute approximate surface area is 125 Å². The van der Waals surface area contributed by atoms with Crippen molar-refractivity contribution in [2.24, 2.45) is 0 Å². The second kappa shape index (κ2) is 10.3. The highest BCUT2D eigenvalue weighted by atomic mass is 35.5. The minimum absolute atomic E-state index is 0. The molecule has 0 aliphatic carbocycles. The smallest absolute Gasteiger partial charge is 0.238 e. The van der Waals surface area contributed by atoms with Crippen LogP contribution in [0.1, 0.15) is 26.7 Å². The highest BCUT2D eigenvalue weighted by Crippen LogP contribution is 2.09. The van der Waals surface area contributed by atoms with Gasteiger partial charge in [0, 0.05) is 37.7 Å². The zero-order valence-electron chi connectivity index (χ0n) is 11.6. The lowest BCUT2D eigenvalue weighted by Gasteiger charge is -2.18. The second-order valence-corrected chi connectivity index (χ2v) is 5.26. The van der Waals surface area contributed by atoms with Gasteiger partial charge in [-0.15, -0.1) is 24.2 Å². The number of thioether (sulfide) groups is 1. The van der Waals surface area contributed by atoms with Gasteiger partial charge < -0.3 is 10.2 Å². The largest absolute Gasteiger partial charge is 0.355 e. The predicted molar refractivity (Wildman–Crippen MR) is 81.7 cm³/mol. The molecular weight excluding hydrogens is 286 g/mol. The minimum Gasteiger partial charge on any atom is -0.355 e. The number of carbonyl (C=O) groups is 2. The van der Waals surface area contributed by atoms with Crippen molar-refractivity contribution in [2.45, 2.75) is 32.7 Å². The van der Waals surface area contributed by atoms with Gasteiger partial charge in [0.25, 0.3) is 0 Å². The zero-order chi connectivity index (χ0) is 13.4. The minimum atomic E-state index is -0.0616. The number of halogens is 1. The monoisotopic (exact) mass is 309 g/mol. The molecule has 0 spiro atoms. The number of hydrogen-bond donors (Lipinski definition) is 2. The van der Waals surface area contributed by atoms with Crippen molar-refractivity contribution >= 4 is 36.0 Å². The summed E-state index contributed by atoms with van der Waals surface area (Å²) in [5, 5.41) is 5.99. The Morgan fingerprint density at radius 1 is 1.37 bits per heavy atom. The standard InChI is InChI=1S/C12H23N3O2S.ClH/c1-3-15(4-2)11(16)6-5-7-13-12(17)10-8-18-9-14-10;/h10,14H,3-9H2,1-2H3,(H,13,17);1H. The van der Waals surface area contributed by atoms with Gasteiger partial charge in [-0.25, -0.2) is 0 Å². The summed E-state index contributed by atoms with van der Waals surface area (Å²) in [6.07, 6.45) is 1.22. The van der Waals surface area contributed by atoms with E-state index in [1.165, 1.54) is 0 Å². The quantitative estimate of drug-likeness (QED) is 0.684. The van der Waals surface area contributed by atoms with Gasteiger partial charge in [0.15, 0.2) is 0 Å². The van der Waals surface area contributed by atoms with Crippen LogP contribution in [-0.4, -0.2) is 54.0 Å². The number of carbonyl (C=O) groups excluding carboxylic acids is 2. The van der Waals surface area contributed by atoms with E-state index in [4.69, 9.17) is 0 Å². The van der Waals surface area contributed by atoms with E-state index in [-0.39, 0.29) is 30.3 Å². The molecule has 0 saturated carbocycles. The normalized spacial score (nSPS) is 17.7. The van der Waals surface area contributed by atoms with Gasteiger partial charge in [0.1, 0.15) is 0 Å². The summed E-state index contributed by atoms with van der Waals surface area (Å²) in [6, 6.07) is -0.0616. The molecule has 5 nitrogen and oxygen atoms in total. The van der Waals surface area contributed by atoms with Gasteiger partial charge >= 0.3 is 0 Å². The van der Waals surface area contributed by atoms with Crippen LogP contribution in [0.15, 0.2) is 0 Å². The first kappa shape index (κ1) is 18.5. The van der Waals surface area contributed by atoms with Crippen molar-refractivity contribution in [3.8, 4) is 0 Å². The fourth-order valence-corrected chi connectivity index (χ4v) is 2.81. The zero-order valence-corrected chi connectivity index (χ0v) is 13.2. The highest BCUT2D eigenvalue weighted by molar-refractivity contribution is 7.99. The van der Waals surface area contributed by atoms with Crippen molar-refractivity contribution in [1.82, 2.24) is 15.5 Å². The number of rotatable bonds is 7. The van der Waals surface area contributed by atoms with E-state index in [0.29, 0.717) is 19.4 Å². The van der Waals surface area contributed by atoms with Crippen molar-refractivity contribution in [1.29, 1.82) is 0 Å². The van der Waals surface area contributed by atoms with Crippen LogP contribution >= 0.6 is 24.2 Å². The summed E-state index contributed by atoms with van der Waals surface area (Å²) in [6.45, 7) is 6.05.